The zero-order valence-electron chi connectivity index (χ0n) is 15.8. The highest BCUT2D eigenvalue weighted by Gasteiger charge is 2.43. The number of amides is 2. The molecule has 146 valence electrons. The first kappa shape index (κ1) is 19.7. The summed E-state index contributed by atoms with van der Waals surface area (Å²) in [6.07, 6.45) is 1.01. The molecule has 1 atom stereocenters. The van der Waals surface area contributed by atoms with Crippen molar-refractivity contribution >= 4 is 35.2 Å². The number of likely N-dealkylation sites (tertiary alicyclic amines) is 1. The predicted octanol–water partition coefficient (Wildman–Crippen LogP) is 1.88. The molecule has 8 heteroatoms. The summed E-state index contributed by atoms with van der Waals surface area (Å²) in [6, 6.07) is 5.21. The molecule has 0 radical (unpaired) electrons. The molecule has 2 heterocycles. The van der Waals surface area contributed by atoms with E-state index in [1.54, 1.807) is 19.1 Å². The smallest absolute Gasteiger partial charge is 0.331 e. The topological polar surface area (TPSA) is 87.7 Å². The molecule has 0 aliphatic carbocycles. The number of hydrogen-bond acceptors (Lipinski definition) is 6. The fourth-order valence-corrected chi connectivity index (χ4v) is 4.22. The Labute approximate surface area is 163 Å². The largest absolute Gasteiger partial charge is 0.464 e. The van der Waals surface area contributed by atoms with Crippen molar-refractivity contribution in [2.24, 2.45) is 0 Å². The molecule has 1 aromatic rings. The first-order valence-electron chi connectivity index (χ1n) is 9.14. The number of carbonyl (C=O) groups is 3. The van der Waals surface area contributed by atoms with Crippen molar-refractivity contribution in [3.05, 3.63) is 23.8 Å². The Morgan fingerprint density at radius 1 is 1.37 bits per heavy atom. The van der Waals surface area contributed by atoms with E-state index in [2.05, 4.69) is 15.5 Å². The van der Waals surface area contributed by atoms with E-state index in [-0.39, 0.29) is 29.6 Å². The molecule has 27 heavy (non-hydrogen) atoms. The first-order valence-corrected chi connectivity index (χ1v) is 10.0. The van der Waals surface area contributed by atoms with Gasteiger partial charge in [-0.05, 0) is 51.9 Å². The van der Waals surface area contributed by atoms with Crippen LogP contribution in [0.5, 0.6) is 0 Å². The monoisotopic (exact) mass is 391 g/mol. The quantitative estimate of drug-likeness (QED) is 0.762. The van der Waals surface area contributed by atoms with Gasteiger partial charge in [0.2, 0.25) is 5.91 Å². The maximum Gasteiger partial charge on any atom is 0.331 e. The summed E-state index contributed by atoms with van der Waals surface area (Å²) in [5.74, 6) is -0.807. The van der Waals surface area contributed by atoms with Gasteiger partial charge in [-0.2, -0.15) is 0 Å². The van der Waals surface area contributed by atoms with Crippen LogP contribution < -0.4 is 10.6 Å². The van der Waals surface area contributed by atoms with Gasteiger partial charge in [0.1, 0.15) is 5.54 Å². The van der Waals surface area contributed by atoms with Crippen LogP contribution in [0.15, 0.2) is 23.1 Å². The van der Waals surface area contributed by atoms with E-state index < -0.39 is 5.54 Å². The molecular formula is C19H25N3O4S. The lowest BCUT2D eigenvalue weighted by molar-refractivity contribution is -0.152. The summed E-state index contributed by atoms with van der Waals surface area (Å²) in [6.45, 7) is 5.27. The molecular weight excluding hydrogens is 366 g/mol. The molecule has 1 aromatic carbocycles. The number of anilines is 1. The van der Waals surface area contributed by atoms with Crippen LogP contribution in [0.2, 0.25) is 0 Å². The van der Waals surface area contributed by atoms with Crippen molar-refractivity contribution in [1.29, 1.82) is 0 Å². The number of hydrogen-bond donors (Lipinski definition) is 2. The zero-order valence-corrected chi connectivity index (χ0v) is 16.6. The van der Waals surface area contributed by atoms with Crippen LogP contribution in [-0.4, -0.2) is 60.2 Å². The highest BCUT2D eigenvalue weighted by atomic mass is 32.2. The van der Waals surface area contributed by atoms with Gasteiger partial charge in [0, 0.05) is 23.5 Å². The molecule has 2 N–H and O–H groups in total. The van der Waals surface area contributed by atoms with Crippen LogP contribution in [0.25, 0.3) is 0 Å². The minimum Gasteiger partial charge on any atom is -0.464 e. The van der Waals surface area contributed by atoms with Gasteiger partial charge in [0.25, 0.3) is 5.91 Å². The number of esters is 1. The van der Waals surface area contributed by atoms with Gasteiger partial charge in [-0.25, -0.2) is 4.79 Å². The number of rotatable bonds is 4. The van der Waals surface area contributed by atoms with Crippen LogP contribution in [0.3, 0.4) is 0 Å². The van der Waals surface area contributed by atoms with E-state index in [0.717, 1.165) is 4.90 Å². The summed E-state index contributed by atoms with van der Waals surface area (Å²) in [7, 11) is 1.99. The highest BCUT2D eigenvalue weighted by Crippen LogP contribution is 2.36. The second kappa shape index (κ2) is 7.90. The first-order chi connectivity index (χ1) is 12.8. The summed E-state index contributed by atoms with van der Waals surface area (Å²) in [5, 5.41) is 5.59. The SMILES string of the molecule is CCOC(=O)C1(NC(=O)c2ccc3c(c2)NC(=O)[C@H](C)S3)CCN(C)CC1. The van der Waals surface area contributed by atoms with Crippen LogP contribution in [0, 0.1) is 0 Å². The summed E-state index contributed by atoms with van der Waals surface area (Å²) < 4.78 is 5.24. The third kappa shape index (κ3) is 4.11. The third-order valence-electron chi connectivity index (χ3n) is 5.03. The normalized spacial score (nSPS) is 21.7. The van der Waals surface area contributed by atoms with E-state index >= 15 is 0 Å². The van der Waals surface area contributed by atoms with Gasteiger partial charge >= 0.3 is 5.97 Å². The summed E-state index contributed by atoms with van der Waals surface area (Å²) >= 11 is 1.46. The number of ether oxygens (including phenoxy) is 1. The average Bonchev–Trinajstić information content (AvgIpc) is 2.64. The maximum atomic E-state index is 12.9. The number of piperidine rings is 1. The number of nitrogens with zero attached hydrogens (tertiary/aromatic N) is 1. The van der Waals surface area contributed by atoms with Crippen LogP contribution in [-0.2, 0) is 14.3 Å². The standard InChI is InChI=1S/C19H25N3O4S/c1-4-26-18(25)19(7-9-22(3)10-8-19)21-17(24)13-5-6-15-14(11-13)20-16(23)12(2)27-15/h5-6,11-12H,4,7-10H2,1-3H3,(H,20,23)(H,21,24)/t12-/m0/s1. The van der Waals surface area contributed by atoms with E-state index in [9.17, 15) is 14.4 Å². The Hall–Kier alpha value is -2.06. The number of benzene rings is 1. The summed E-state index contributed by atoms with van der Waals surface area (Å²) in [4.78, 5) is 40.4. The van der Waals surface area contributed by atoms with Crippen molar-refractivity contribution in [3.8, 4) is 0 Å². The molecule has 0 unspecified atom stereocenters. The van der Waals surface area contributed by atoms with Gasteiger partial charge in [0.05, 0.1) is 17.5 Å². The lowest BCUT2D eigenvalue weighted by Crippen LogP contribution is -2.60. The van der Waals surface area contributed by atoms with Crippen LogP contribution in [0.4, 0.5) is 5.69 Å². The Kier molecular flexibility index (Phi) is 5.76. The van der Waals surface area contributed by atoms with Crippen molar-refractivity contribution in [2.75, 3.05) is 32.1 Å². The second-order valence-corrected chi connectivity index (χ2v) is 8.40. The summed E-state index contributed by atoms with van der Waals surface area (Å²) in [5.41, 5.74) is 0.0262. The third-order valence-corrected chi connectivity index (χ3v) is 6.21. The predicted molar refractivity (Wildman–Crippen MR) is 104 cm³/mol. The molecule has 2 aliphatic heterocycles. The number of carbonyl (C=O) groups excluding carboxylic acids is 3. The van der Waals surface area contributed by atoms with E-state index in [1.165, 1.54) is 11.8 Å². The molecule has 0 aromatic heterocycles. The van der Waals surface area contributed by atoms with Gasteiger partial charge in [-0.15, -0.1) is 11.8 Å². The van der Waals surface area contributed by atoms with Gasteiger partial charge in [-0.1, -0.05) is 0 Å². The Morgan fingerprint density at radius 2 is 2.07 bits per heavy atom. The second-order valence-electron chi connectivity index (χ2n) is 7.02. The van der Waals surface area contributed by atoms with Crippen LogP contribution in [0.1, 0.15) is 37.0 Å². The van der Waals surface area contributed by atoms with Gasteiger partial charge < -0.3 is 20.3 Å². The number of fused-ring (bicyclic) bond motifs is 1. The van der Waals surface area contributed by atoms with Crippen molar-refractivity contribution in [3.63, 3.8) is 0 Å². The van der Waals surface area contributed by atoms with Gasteiger partial charge in [-0.3, -0.25) is 9.59 Å². The van der Waals surface area contributed by atoms with E-state index in [4.69, 9.17) is 4.74 Å². The lowest BCUT2D eigenvalue weighted by Gasteiger charge is -2.39. The van der Waals surface area contributed by atoms with Crippen molar-refractivity contribution < 1.29 is 19.1 Å². The molecule has 3 rings (SSSR count). The van der Waals surface area contributed by atoms with E-state index in [0.29, 0.717) is 37.2 Å². The van der Waals surface area contributed by atoms with Gasteiger partial charge in [0.15, 0.2) is 0 Å². The molecule has 0 saturated carbocycles. The van der Waals surface area contributed by atoms with E-state index in [1.807, 2.05) is 20.0 Å². The average molecular weight is 391 g/mol. The molecule has 7 nitrogen and oxygen atoms in total. The lowest BCUT2D eigenvalue weighted by atomic mass is 9.87. The fraction of sp³-hybridized carbons (Fsp3) is 0.526. The van der Waals surface area contributed by atoms with Crippen LogP contribution >= 0.6 is 11.8 Å². The maximum absolute atomic E-state index is 12.9. The Balaban J connectivity index is 1.81. The molecule has 1 saturated heterocycles. The zero-order chi connectivity index (χ0) is 19.6. The minimum atomic E-state index is -1.01. The molecule has 1 fully saturated rings. The fourth-order valence-electron chi connectivity index (χ4n) is 3.29. The molecule has 0 spiro atoms. The molecule has 2 aliphatic rings. The highest BCUT2D eigenvalue weighted by molar-refractivity contribution is 8.00. The molecule has 2 amide bonds. The Bertz CT molecular complexity index is 759. The number of thioether (sulfide) groups is 1. The van der Waals surface area contributed by atoms with Crippen molar-refractivity contribution in [2.45, 2.75) is 42.4 Å². The Morgan fingerprint density at radius 3 is 2.74 bits per heavy atom. The molecule has 0 bridgehead atoms. The number of nitrogens with one attached hydrogen (secondary N) is 2. The minimum absolute atomic E-state index is 0.0802. The van der Waals surface area contributed by atoms with Crippen molar-refractivity contribution in [1.82, 2.24) is 10.2 Å².